The van der Waals surface area contributed by atoms with Crippen LogP contribution in [-0.4, -0.2) is 78.3 Å². The van der Waals surface area contributed by atoms with Gasteiger partial charge in [0.2, 0.25) is 5.91 Å². The Hall–Kier alpha value is -2.57. The topological polar surface area (TPSA) is 70.2 Å². The highest BCUT2D eigenvalue weighted by Gasteiger charge is 2.34. The van der Waals surface area contributed by atoms with Crippen LogP contribution in [0, 0.1) is 12.8 Å². The van der Waals surface area contributed by atoms with Gasteiger partial charge in [-0.15, -0.1) is 0 Å². The molecule has 0 saturated carbocycles. The summed E-state index contributed by atoms with van der Waals surface area (Å²) in [6.45, 7) is 7.17. The highest BCUT2D eigenvalue weighted by Crippen LogP contribution is 2.20. The van der Waals surface area contributed by atoms with Crippen LogP contribution in [0.3, 0.4) is 0 Å². The van der Waals surface area contributed by atoms with E-state index in [1.54, 1.807) is 4.90 Å². The van der Waals surface area contributed by atoms with Crippen molar-refractivity contribution in [2.75, 3.05) is 45.9 Å². The molecule has 0 spiro atoms. The largest absolute Gasteiger partial charge is 0.493 e. The Kier molecular flexibility index (Phi) is 6.54. The van der Waals surface area contributed by atoms with Gasteiger partial charge in [-0.3, -0.25) is 14.4 Å². The van der Waals surface area contributed by atoms with Crippen molar-refractivity contribution in [1.29, 1.82) is 0 Å². The van der Waals surface area contributed by atoms with E-state index in [9.17, 15) is 14.4 Å². The summed E-state index contributed by atoms with van der Waals surface area (Å²) in [7, 11) is 0. The molecule has 152 valence electrons. The van der Waals surface area contributed by atoms with Crippen molar-refractivity contribution >= 4 is 17.7 Å². The molecule has 0 bridgehead atoms. The Balaban J connectivity index is 1.49. The van der Waals surface area contributed by atoms with Crippen LogP contribution >= 0.6 is 0 Å². The van der Waals surface area contributed by atoms with Crippen LogP contribution in [-0.2, 0) is 14.4 Å². The zero-order valence-corrected chi connectivity index (χ0v) is 16.7. The van der Waals surface area contributed by atoms with Crippen LogP contribution in [0.25, 0.3) is 0 Å². The number of piperidine rings is 1. The van der Waals surface area contributed by atoms with Gasteiger partial charge in [0.15, 0.2) is 0 Å². The molecule has 2 fully saturated rings. The first-order chi connectivity index (χ1) is 13.5. The van der Waals surface area contributed by atoms with E-state index >= 15 is 0 Å². The molecule has 1 atom stereocenters. The fourth-order valence-electron chi connectivity index (χ4n) is 3.71. The van der Waals surface area contributed by atoms with Gasteiger partial charge < -0.3 is 19.4 Å². The number of piperazine rings is 1. The van der Waals surface area contributed by atoms with Crippen molar-refractivity contribution in [3.05, 3.63) is 29.8 Å². The summed E-state index contributed by atoms with van der Waals surface area (Å²) >= 11 is 0. The quantitative estimate of drug-likeness (QED) is 0.690. The van der Waals surface area contributed by atoms with Gasteiger partial charge in [0, 0.05) is 38.6 Å². The Labute approximate surface area is 166 Å². The van der Waals surface area contributed by atoms with Crippen LogP contribution < -0.4 is 4.74 Å². The SMILES string of the molecule is CCN1CCN(CC(=O)N2CCC[C@H](COc3ccc(C)cc3)C2)C(=O)C1=O. The summed E-state index contributed by atoms with van der Waals surface area (Å²) in [4.78, 5) is 41.6. The molecule has 0 unspecified atom stereocenters. The van der Waals surface area contributed by atoms with Crippen molar-refractivity contribution in [3.63, 3.8) is 0 Å². The predicted molar refractivity (Wildman–Crippen MR) is 105 cm³/mol. The predicted octanol–water partition coefficient (Wildman–Crippen LogP) is 1.30. The number of carbonyl (C=O) groups excluding carboxylic acids is 3. The molecular formula is C21H29N3O4. The molecule has 0 aromatic heterocycles. The number of amides is 3. The molecule has 2 heterocycles. The number of aryl methyl sites for hydroxylation is 1. The second-order valence-corrected chi connectivity index (χ2v) is 7.58. The smallest absolute Gasteiger partial charge is 0.312 e. The van der Waals surface area contributed by atoms with E-state index in [4.69, 9.17) is 4.74 Å². The number of nitrogens with zero attached hydrogens (tertiary/aromatic N) is 3. The summed E-state index contributed by atoms with van der Waals surface area (Å²) in [6.07, 6.45) is 1.94. The summed E-state index contributed by atoms with van der Waals surface area (Å²) in [5.41, 5.74) is 1.19. The van der Waals surface area contributed by atoms with Gasteiger partial charge in [0.25, 0.3) is 0 Å². The number of likely N-dealkylation sites (N-methyl/N-ethyl adjacent to an activating group) is 1. The Morgan fingerprint density at radius 2 is 1.75 bits per heavy atom. The van der Waals surface area contributed by atoms with Gasteiger partial charge >= 0.3 is 11.8 Å². The third-order valence-corrected chi connectivity index (χ3v) is 5.48. The molecular weight excluding hydrogens is 358 g/mol. The van der Waals surface area contributed by atoms with E-state index in [-0.39, 0.29) is 18.4 Å². The van der Waals surface area contributed by atoms with Gasteiger partial charge in [0.05, 0.1) is 6.61 Å². The minimum Gasteiger partial charge on any atom is -0.493 e. The normalized spacial score (nSPS) is 20.5. The first-order valence-electron chi connectivity index (χ1n) is 10.0. The van der Waals surface area contributed by atoms with Crippen molar-refractivity contribution in [1.82, 2.24) is 14.7 Å². The molecule has 1 aromatic carbocycles. The molecule has 3 amide bonds. The number of benzene rings is 1. The average Bonchev–Trinajstić information content (AvgIpc) is 2.71. The maximum Gasteiger partial charge on any atom is 0.312 e. The highest BCUT2D eigenvalue weighted by molar-refractivity contribution is 6.35. The zero-order valence-electron chi connectivity index (χ0n) is 16.7. The first kappa shape index (κ1) is 20.2. The highest BCUT2D eigenvalue weighted by atomic mass is 16.5. The van der Waals surface area contributed by atoms with E-state index in [0.29, 0.717) is 39.3 Å². The number of likely N-dealkylation sites (tertiary alicyclic amines) is 1. The second kappa shape index (κ2) is 9.08. The minimum absolute atomic E-state index is 0.0202. The van der Waals surface area contributed by atoms with Gasteiger partial charge in [0.1, 0.15) is 12.3 Å². The van der Waals surface area contributed by atoms with Crippen molar-refractivity contribution in [2.24, 2.45) is 5.92 Å². The molecule has 0 radical (unpaired) electrons. The number of carbonyl (C=O) groups is 3. The van der Waals surface area contributed by atoms with E-state index in [1.807, 2.05) is 38.1 Å². The summed E-state index contributed by atoms with van der Waals surface area (Å²) in [6, 6.07) is 7.95. The lowest BCUT2D eigenvalue weighted by molar-refractivity contribution is -0.157. The van der Waals surface area contributed by atoms with E-state index in [0.717, 1.165) is 18.6 Å². The number of hydrogen-bond donors (Lipinski definition) is 0. The first-order valence-corrected chi connectivity index (χ1v) is 10.0. The molecule has 0 aliphatic carbocycles. The fraction of sp³-hybridized carbons (Fsp3) is 0.571. The number of rotatable bonds is 6. The monoisotopic (exact) mass is 387 g/mol. The van der Waals surface area contributed by atoms with Gasteiger partial charge in [-0.25, -0.2) is 0 Å². The van der Waals surface area contributed by atoms with Gasteiger partial charge in [-0.1, -0.05) is 17.7 Å². The molecule has 1 aromatic rings. The third-order valence-electron chi connectivity index (χ3n) is 5.48. The molecule has 2 saturated heterocycles. The van der Waals surface area contributed by atoms with Gasteiger partial charge in [-0.2, -0.15) is 0 Å². The molecule has 7 heteroatoms. The lowest BCUT2D eigenvalue weighted by atomic mass is 9.99. The molecule has 2 aliphatic rings. The standard InChI is InChI=1S/C21H29N3O4/c1-3-22-11-12-24(21(27)20(22)26)14-19(25)23-10-4-5-17(13-23)15-28-18-8-6-16(2)7-9-18/h6-9,17H,3-5,10-15H2,1-2H3/t17-/m0/s1. The lowest BCUT2D eigenvalue weighted by Crippen LogP contribution is -2.57. The van der Waals surface area contributed by atoms with Crippen molar-refractivity contribution in [2.45, 2.75) is 26.7 Å². The summed E-state index contributed by atoms with van der Waals surface area (Å²) in [5, 5.41) is 0. The van der Waals surface area contributed by atoms with Crippen LogP contribution in [0.5, 0.6) is 5.75 Å². The average molecular weight is 387 g/mol. The summed E-state index contributed by atoms with van der Waals surface area (Å²) < 4.78 is 5.88. The maximum absolute atomic E-state index is 12.7. The summed E-state index contributed by atoms with van der Waals surface area (Å²) in [5.74, 6) is -0.0614. The molecule has 2 aliphatic heterocycles. The molecule has 7 nitrogen and oxygen atoms in total. The molecule has 0 N–H and O–H groups in total. The van der Waals surface area contributed by atoms with E-state index < -0.39 is 11.8 Å². The van der Waals surface area contributed by atoms with Gasteiger partial charge in [-0.05, 0) is 38.8 Å². The third kappa shape index (κ3) is 4.82. The second-order valence-electron chi connectivity index (χ2n) is 7.58. The van der Waals surface area contributed by atoms with Crippen LogP contribution in [0.2, 0.25) is 0 Å². The van der Waals surface area contributed by atoms with Crippen molar-refractivity contribution < 1.29 is 19.1 Å². The Bertz CT molecular complexity index is 719. The number of hydrogen-bond acceptors (Lipinski definition) is 4. The zero-order chi connectivity index (χ0) is 20.1. The Morgan fingerprint density at radius 3 is 2.46 bits per heavy atom. The van der Waals surface area contributed by atoms with E-state index in [1.165, 1.54) is 15.4 Å². The van der Waals surface area contributed by atoms with E-state index in [2.05, 4.69) is 0 Å². The van der Waals surface area contributed by atoms with Crippen molar-refractivity contribution in [3.8, 4) is 5.75 Å². The maximum atomic E-state index is 12.7. The minimum atomic E-state index is -0.572. The lowest BCUT2D eigenvalue weighted by Gasteiger charge is -2.36. The Morgan fingerprint density at radius 1 is 1.07 bits per heavy atom. The van der Waals surface area contributed by atoms with Crippen LogP contribution in [0.15, 0.2) is 24.3 Å². The molecule has 28 heavy (non-hydrogen) atoms. The molecule has 3 rings (SSSR count). The fourth-order valence-corrected chi connectivity index (χ4v) is 3.71. The van der Waals surface area contributed by atoms with Crippen LogP contribution in [0.4, 0.5) is 0 Å². The van der Waals surface area contributed by atoms with Crippen LogP contribution in [0.1, 0.15) is 25.3 Å². The number of ether oxygens (including phenoxy) is 1.